The first-order valence-corrected chi connectivity index (χ1v) is 6.66. The van der Waals surface area contributed by atoms with E-state index < -0.39 is 12.0 Å². The number of benzene rings is 1. The van der Waals surface area contributed by atoms with Gasteiger partial charge in [-0.2, -0.15) is 0 Å². The largest absolute Gasteiger partial charge is 0.480 e. The van der Waals surface area contributed by atoms with E-state index in [1.807, 2.05) is 24.3 Å². The Hall–Kier alpha value is -1.35. The molecule has 2 rings (SSSR count). The van der Waals surface area contributed by atoms with E-state index in [2.05, 4.69) is 18.7 Å². The van der Waals surface area contributed by atoms with Crippen LogP contribution in [0.3, 0.4) is 0 Å². The normalized spacial score (nSPS) is 18.2. The highest BCUT2D eigenvalue weighted by Crippen LogP contribution is 2.26. The van der Waals surface area contributed by atoms with Crippen LogP contribution in [-0.2, 0) is 4.79 Å². The van der Waals surface area contributed by atoms with Crippen LogP contribution in [-0.4, -0.2) is 29.1 Å². The molecule has 1 aromatic rings. The maximum atomic E-state index is 11.5. The molecule has 0 radical (unpaired) electrons. The number of aliphatic carboxylic acids is 1. The maximum Gasteiger partial charge on any atom is 0.325 e. The average molecular weight is 247 g/mol. The van der Waals surface area contributed by atoms with Crippen molar-refractivity contribution in [3.05, 3.63) is 35.4 Å². The van der Waals surface area contributed by atoms with E-state index in [-0.39, 0.29) is 0 Å². The number of likely N-dealkylation sites (tertiary alicyclic amines) is 1. The van der Waals surface area contributed by atoms with Crippen LogP contribution in [0.15, 0.2) is 24.3 Å². The van der Waals surface area contributed by atoms with Crippen molar-refractivity contribution in [3.63, 3.8) is 0 Å². The van der Waals surface area contributed by atoms with Crippen LogP contribution in [0.2, 0.25) is 0 Å². The third-order valence-electron chi connectivity index (χ3n) is 3.66. The standard InChI is InChI=1S/C15H21NO2/c1-11(2)12-5-7-13(8-6-12)14(15(17)18)16-9-3-4-10-16/h5-8,11,14H,3-4,9-10H2,1-2H3,(H,17,18). The molecule has 1 saturated heterocycles. The van der Waals surface area contributed by atoms with Gasteiger partial charge in [0.15, 0.2) is 0 Å². The van der Waals surface area contributed by atoms with Crippen LogP contribution in [0.1, 0.15) is 49.8 Å². The molecule has 0 aliphatic carbocycles. The number of rotatable bonds is 4. The molecule has 1 aliphatic heterocycles. The van der Waals surface area contributed by atoms with Gasteiger partial charge in [0, 0.05) is 0 Å². The van der Waals surface area contributed by atoms with Crippen LogP contribution < -0.4 is 0 Å². The Morgan fingerprint density at radius 3 is 2.06 bits per heavy atom. The van der Waals surface area contributed by atoms with Gasteiger partial charge in [0.05, 0.1) is 0 Å². The minimum atomic E-state index is -0.741. The Bertz CT molecular complexity index is 405. The van der Waals surface area contributed by atoms with Crippen LogP contribution in [0.25, 0.3) is 0 Å². The first-order valence-electron chi connectivity index (χ1n) is 6.66. The van der Waals surface area contributed by atoms with Gasteiger partial charge in [0.1, 0.15) is 6.04 Å². The van der Waals surface area contributed by atoms with E-state index in [4.69, 9.17) is 0 Å². The highest BCUT2D eigenvalue weighted by Gasteiger charge is 2.29. The third-order valence-corrected chi connectivity index (χ3v) is 3.66. The molecule has 1 fully saturated rings. The molecule has 1 atom stereocenters. The van der Waals surface area contributed by atoms with Gasteiger partial charge in [-0.25, -0.2) is 0 Å². The molecule has 1 aliphatic rings. The van der Waals surface area contributed by atoms with Gasteiger partial charge in [-0.1, -0.05) is 38.1 Å². The fourth-order valence-corrected chi connectivity index (χ4v) is 2.57. The van der Waals surface area contributed by atoms with Crippen molar-refractivity contribution in [1.29, 1.82) is 0 Å². The van der Waals surface area contributed by atoms with Crippen LogP contribution in [0, 0.1) is 0 Å². The van der Waals surface area contributed by atoms with Crippen molar-refractivity contribution in [2.24, 2.45) is 0 Å². The van der Waals surface area contributed by atoms with Gasteiger partial charge in [-0.15, -0.1) is 0 Å². The van der Waals surface area contributed by atoms with Crippen LogP contribution in [0.4, 0.5) is 0 Å². The summed E-state index contributed by atoms with van der Waals surface area (Å²) in [6.07, 6.45) is 2.21. The summed E-state index contributed by atoms with van der Waals surface area (Å²) in [6.45, 7) is 6.07. The third kappa shape index (κ3) is 2.72. The van der Waals surface area contributed by atoms with E-state index in [0.717, 1.165) is 31.5 Å². The van der Waals surface area contributed by atoms with E-state index in [9.17, 15) is 9.90 Å². The SMILES string of the molecule is CC(C)c1ccc(C(C(=O)O)N2CCCC2)cc1. The lowest BCUT2D eigenvalue weighted by Crippen LogP contribution is -2.31. The summed E-state index contributed by atoms with van der Waals surface area (Å²) in [7, 11) is 0. The molecule has 18 heavy (non-hydrogen) atoms. The Labute approximate surface area is 108 Å². The van der Waals surface area contributed by atoms with Crippen molar-refractivity contribution < 1.29 is 9.90 Å². The molecule has 1 aromatic carbocycles. The smallest absolute Gasteiger partial charge is 0.325 e. The molecule has 1 unspecified atom stereocenters. The minimum Gasteiger partial charge on any atom is -0.480 e. The Balaban J connectivity index is 2.22. The molecule has 0 bridgehead atoms. The van der Waals surface area contributed by atoms with Gasteiger partial charge in [0.25, 0.3) is 0 Å². The van der Waals surface area contributed by atoms with Crippen molar-refractivity contribution in [2.75, 3.05) is 13.1 Å². The predicted octanol–water partition coefficient (Wildman–Crippen LogP) is 3.03. The number of nitrogens with zero attached hydrogens (tertiary/aromatic N) is 1. The molecule has 1 heterocycles. The fourth-order valence-electron chi connectivity index (χ4n) is 2.57. The van der Waals surface area contributed by atoms with Gasteiger partial charge >= 0.3 is 5.97 Å². The molecule has 0 amide bonds. The summed E-state index contributed by atoms with van der Waals surface area (Å²) in [4.78, 5) is 13.5. The molecule has 3 heteroatoms. The summed E-state index contributed by atoms with van der Waals surface area (Å²) in [6, 6.07) is 7.55. The van der Waals surface area contributed by atoms with Crippen molar-refractivity contribution in [2.45, 2.75) is 38.6 Å². The van der Waals surface area contributed by atoms with Crippen molar-refractivity contribution in [3.8, 4) is 0 Å². The molecule has 1 N–H and O–H groups in total. The molecule has 3 nitrogen and oxygen atoms in total. The number of hydrogen-bond donors (Lipinski definition) is 1. The van der Waals surface area contributed by atoms with Crippen molar-refractivity contribution in [1.82, 2.24) is 4.90 Å². The second-order valence-corrected chi connectivity index (χ2v) is 5.31. The fraction of sp³-hybridized carbons (Fsp3) is 0.533. The van der Waals surface area contributed by atoms with E-state index in [1.54, 1.807) is 0 Å². The lowest BCUT2D eigenvalue weighted by atomic mass is 9.98. The number of hydrogen-bond acceptors (Lipinski definition) is 2. The average Bonchev–Trinajstić information content (AvgIpc) is 2.83. The highest BCUT2D eigenvalue weighted by molar-refractivity contribution is 5.75. The second-order valence-electron chi connectivity index (χ2n) is 5.31. The lowest BCUT2D eigenvalue weighted by molar-refractivity contribution is -0.143. The van der Waals surface area contributed by atoms with E-state index in [0.29, 0.717) is 5.92 Å². The molecule has 98 valence electrons. The minimum absolute atomic E-state index is 0.478. The first-order chi connectivity index (χ1) is 8.59. The zero-order chi connectivity index (χ0) is 13.1. The monoisotopic (exact) mass is 247 g/mol. The highest BCUT2D eigenvalue weighted by atomic mass is 16.4. The predicted molar refractivity (Wildman–Crippen MR) is 71.7 cm³/mol. The number of carboxylic acid groups (broad SMARTS) is 1. The molecular formula is C15H21NO2. The lowest BCUT2D eigenvalue weighted by Gasteiger charge is -2.24. The number of carbonyl (C=O) groups is 1. The molecule has 0 spiro atoms. The summed E-state index contributed by atoms with van der Waals surface area (Å²) >= 11 is 0. The van der Waals surface area contributed by atoms with Gasteiger partial charge in [0.2, 0.25) is 0 Å². The molecule has 0 saturated carbocycles. The maximum absolute atomic E-state index is 11.5. The Morgan fingerprint density at radius 1 is 1.11 bits per heavy atom. The zero-order valence-electron chi connectivity index (χ0n) is 11.1. The van der Waals surface area contributed by atoms with Crippen molar-refractivity contribution >= 4 is 5.97 Å². The number of carboxylic acids is 1. The quantitative estimate of drug-likeness (QED) is 0.889. The second kappa shape index (κ2) is 5.53. The molecular weight excluding hydrogens is 226 g/mol. The topological polar surface area (TPSA) is 40.5 Å². The van der Waals surface area contributed by atoms with Crippen LogP contribution in [0.5, 0.6) is 0 Å². The molecule has 0 aromatic heterocycles. The summed E-state index contributed by atoms with van der Waals surface area (Å²) < 4.78 is 0. The Kier molecular flexibility index (Phi) is 4.02. The summed E-state index contributed by atoms with van der Waals surface area (Å²) in [5, 5.41) is 9.42. The van der Waals surface area contributed by atoms with Gasteiger partial charge < -0.3 is 5.11 Å². The van der Waals surface area contributed by atoms with Gasteiger partial charge in [-0.3, -0.25) is 9.69 Å². The first kappa shape index (κ1) is 13.1. The zero-order valence-corrected chi connectivity index (χ0v) is 11.1. The van der Waals surface area contributed by atoms with Gasteiger partial charge in [-0.05, 0) is 43.0 Å². The summed E-state index contributed by atoms with van der Waals surface area (Å²) in [5.41, 5.74) is 2.15. The van der Waals surface area contributed by atoms with E-state index in [1.165, 1.54) is 5.56 Å². The van der Waals surface area contributed by atoms with E-state index >= 15 is 0 Å². The summed E-state index contributed by atoms with van der Waals surface area (Å²) in [5.74, 6) is -0.261. The van der Waals surface area contributed by atoms with Crippen LogP contribution >= 0.6 is 0 Å². The Morgan fingerprint density at radius 2 is 1.61 bits per heavy atom.